The molecule has 0 aliphatic rings. The van der Waals surface area contributed by atoms with E-state index in [1.807, 2.05) is 19.2 Å². The van der Waals surface area contributed by atoms with Crippen LogP contribution in [-0.4, -0.2) is 36.3 Å². The van der Waals surface area contributed by atoms with Gasteiger partial charge in [0.2, 0.25) is 11.7 Å². The van der Waals surface area contributed by atoms with Crippen LogP contribution in [0, 0.1) is 6.92 Å². The summed E-state index contributed by atoms with van der Waals surface area (Å²) < 4.78 is 16.0. The molecule has 0 fully saturated rings. The number of aromatic nitrogens is 3. The lowest BCUT2D eigenvalue weighted by molar-refractivity contribution is 0.324. The third-order valence-corrected chi connectivity index (χ3v) is 4.35. The van der Waals surface area contributed by atoms with Crippen LogP contribution in [0.4, 0.5) is 11.6 Å². The SMILES string of the molecule is COc1cc(Nc2nccc(-c3ncc(C)s3)n2)cc(OC)c1OC. The number of nitrogens with zero attached hydrogens (tertiary/aromatic N) is 3. The van der Waals surface area contributed by atoms with Crippen LogP contribution in [0.2, 0.25) is 0 Å². The first-order valence-corrected chi connectivity index (χ1v) is 8.29. The number of methoxy groups -OCH3 is 3. The minimum absolute atomic E-state index is 0.458. The number of anilines is 2. The van der Waals surface area contributed by atoms with E-state index < -0.39 is 0 Å². The van der Waals surface area contributed by atoms with E-state index in [2.05, 4.69) is 20.3 Å². The first-order chi connectivity index (χ1) is 12.1. The van der Waals surface area contributed by atoms with Gasteiger partial charge < -0.3 is 19.5 Å². The molecule has 0 saturated heterocycles. The van der Waals surface area contributed by atoms with Crippen LogP contribution in [0.5, 0.6) is 17.2 Å². The molecular weight excluding hydrogens is 340 g/mol. The number of thiazole rings is 1. The highest BCUT2D eigenvalue weighted by atomic mass is 32.1. The first kappa shape index (κ1) is 17.0. The summed E-state index contributed by atoms with van der Waals surface area (Å²) in [6.07, 6.45) is 3.52. The number of aryl methyl sites for hydroxylation is 1. The van der Waals surface area contributed by atoms with Gasteiger partial charge in [0, 0.05) is 35.1 Å². The molecule has 0 spiro atoms. The molecule has 1 N–H and O–H groups in total. The summed E-state index contributed by atoms with van der Waals surface area (Å²) >= 11 is 1.59. The molecular formula is C17H18N4O3S. The number of nitrogens with one attached hydrogen (secondary N) is 1. The summed E-state index contributed by atoms with van der Waals surface area (Å²) in [5, 5.41) is 4.02. The molecule has 3 aromatic rings. The predicted octanol–water partition coefficient (Wildman–Crippen LogP) is 3.68. The van der Waals surface area contributed by atoms with Crippen LogP contribution in [0.3, 0.4) is 0 Å². The Balaban J connectivity index is 1.92. The van der Waals surface area contributed by atoms with Gasteiger partial charge >= 0.3 is 0 Å². The van der Waals surface area contributed by atoms with Gasteiger partial charge in [-0.25, -0.2) is 15.0 Å². The molecule has 2 heterocycles. The summed E-state index contributed by atoms with van der Waals surface area (Å²) in [5.41, 5.74) is 1.49. The van der Waals surface area contributed by atoms with E-state index in [-0.39, 0.29) is 0 Å². The van der Waals surface area contributed by atoms with Gasteiger partial charge in [0.1, 0.15) is 10.7 Å². The van der Waals surface area contributed by atoms with Gasteiger partial charge in [0.15, 0.2) is 11.5 Å². The Kier molecular flexibility index (Phi) is 4.99. The van der Waals surface area contributed by atoms with Crippen LogP contribution < -0.4 is 19.5 Å². The van der Waals surface area contributed by atoms with Crippen molar-refractivity contribution in [1.82, 2.24) is 15.0 Å². The standard InChI is InChI=1S/C17H18N4O3S/c1-10-9-19-16(25-10)12-5-6-18-17(21-12)20-11-7-13(22-2)15(24-4)14(8-11)23-3/h5-9H,1-4H3,(H,18,20,21). The normalized spacial score (nSPS) is 10.4. The Morgan fingerprint density at radius 3 is 2.28 bits per heavy atom. The van der Waals surface area contributed by atoms with Crippen LogP contribution in [0.15, 0.2) is 30.6 Å². The quantitative estimate of drug-likeness (QED) is 0.720. The van der Waals surface area contributed by atoms with Crippen molar-refractivity contribution >= 4 is 23.0 Å². The maximum atomic E-state index is 5.36. The Morgan fingerprint density at radius 1 is 1.00 bits per heavy atom. The van der Waals surface area contributed by atoms with Crippen LogP contribution in [0.1, 0.15) is 4.88 Å². The molecule has 0 aliphatic heterocycles. The second-order valence-corrected chi connectivity index (χ2v) is 6.32. The third kappa shape index (κ3) is 3.63. The molecule has 0 amide bonds. The van der Waals surface area contributed by atoms with E-state index in [0.717, 1.165) is 21.3 Å². The Labute approximate surface area is 149 Å². The van der Waals surface area contributed by atoms with Gasteiger partial charge in [-0.05, 0) is 13.0 Å². The molecule has 25 heavy (non-hydrogen) atoms. The second-order valence-electron chi connectivity index (χ2n) is 5.08. The van der Waals surface area contributed by atoms with E-state index >= 15 is 0 Å². The second kappa shape index (κ2) is 7.35. The average molecular weight is 358 g/mol. The smallest absolute Gasteiger partial charge is 0.227 e. The van der Waals surface area contributed by atoms with E-state index in [0.29, 0.717) is 23.2 Å². The Morgan fingerprint density at radius 2 is 1.72 bits per heavy atom. The molecule has 0 radical (unpaired) electrons. The van der Waals surface area contributed by atoms with Gasteiger partial charge in [0.05, 0.1) is 21.3 Å². The van der Waals surface area contributed by atoms with Crippen molar-refractivity contribution in [2.75, 3.05) is 26.6 Å². The van der Waals surface area contributed by atoms with Crippen LogP contribution >= 0.6 is 11.3 Å². The highest BCUT2D eigenvalue weighted by Crippen LogP contribution is 2.40. The van der Waals surface area contributed by atoms with Gasteiger partial charge in [-0.2, -0.15) is 0 Å². The summed E-state index contributed by atoms with van der Waals surface area (Å²) in [7, 11) is 4.71. The van der Waals surface area contributed by atoms with Crippen molar-refractivity contribution < 1.29 is 14.2 Å². The molecule has 0 aliphatic carbocycles. The lowest BCUT2D eigenvalue weighted by atomic mass is 10.2. The zero-order valence-electron chi connectivity index (χ0n) is 14.4. The first-order valence-electron chi connectivity index (χ1n) is 7.47. The molecule has 2 aromatic heterocycles. The molecule has 1 aromatic carbocycles. The van der Waals surface area contributed by atoms with Gasteiger partial charge in [-0.1, -0.05) is 0 Å². The van der Waals surface area contributed by atoms with E-state index in [1.54, 1.807) is 51.0 Å². The number of benzene rings is 1. The highest BCUT2D eigenvalue weighted by molar-refractivity contribution is 7.14. The molecule has 0 saturated carbocycles. The monoisotopic (exact) mass is 358 g/mol. The van der Waals surface area contributed by atoms with Crippen molar-refractivity contribution in [2.24, 2.45) is 0 Å². The number of rotatable bonds is 6. The lowest BCUT2D eigenvalue weighted by Gasteiger charge is -2.14. The molecule has 130 valence electrons. The maximum Gasteiger partial charge on any atom is 0.227 e. The van der Waals surface area contributed by atoms with E-state index in [9.17, 15) is 0 Å². The van der Waals surface area contributed by atoms with Gasteiger partial charge in [0.25, 0.3) is 0 Å². The van der Waals surface area contributed by atoms with Crippen molar-refractivity contribution in [1.29, 1.82) is 0 Å². The highest BCUT2D eigenvalue weighted by Gasteiger charge is 2.14. The fourth-order valence-corrected chi connectivity index (χ4v) is 3.03. The minimum Gasteiger partial charge on any atom is -0.493 e. The summed E-state index contributed by atoms with van der Waals surface area (Å²) in [4.78, 5) is 14.3. The summed E-state index contributed by atoms with van der Waals surface area (Å²) in [6, 6.07) is 5.43. The zero-order chi connectivity index (χ0) is 17.8. The van der Waals surface area contributed by atoms with Crippen molar-refractivity contribution in [2.45, 2.75) is 6.92 Å². The number of hydrogen-bond donors (Lipinski definition) is 1. The van der Waals surface area contributed by atoms with Crippen LogP contribution in [-0.2, 0) is 0 Å². The molecule has 0 bridgehead atoms. The molecule has 7 nitrogen and oxygen atoms in total. The molecule has 0 unspecified atom stereocenters. The average Bonchev–Trinajstić information content (AvgIpc) is 3.07. The topological polar surface area (TPSA) is 78.4 Å². The number of ether oxygens (including phenoxy) is 3. The minimum atomic E-state index is 0.458. The fourth-order valence-electron chi connectivity index (χ4n) is 2.29. The number of hydrogen-bond acceptors (Lipinski definition) is 8. The Hall–Kier alpha value is -2.87. The third-order valence-electron chi connectivity index (χ3n) is 3.42. The van der Waals surface area contributed by atoms with Crippen molar-refractivity contribution in [3.8, 4) is 28.0 Å². The van der Waals surface area contributed by atoms with Gasteiger partial charge in [-0.15, -0.1) is 11.3 Å². The zero-order valence-corrected chi connectivity index (χ0v) is 15.2. The fraction of sp³-hybridized carbons (Fsp3) is 0.235. The van der Waals surface area contributed by atoms with Crippen LogP contribution in [0.25, 0.3) is 10.7 Å². The molecule has 0 atom stereocenters. The summed E-state index contributed by atoms with van der Waals surface area (Å²) in [6.45, 7) is 2.01. The predicted molar refractivity (Wildman–Crippen MR) is 97.3 cm³/mol. The maximum absolute atomic E-state index is 5.36. The van der Waals surface area contributed by atoms with Gasteiger partial charge in [-0.3, -0.25) is 0 Å². The van der Waals surface area contributed by atoms with E-state index in [4.69, 9.17) is 14.2 Å². The van der Waals surface area contributed by atoms with Crippen molar-refractivity contribution in [3.63, 3.8) is 0 Å². The van der Waals surface area contributed by atoms with E-state index in [1.165, 1.54) is 0 Å². The molecule has 3 rings (SSSR count). The summed E-state index contributed by atoms with van der Waals surface area (Å²) in [5.74, 6) is 2.09. The van der Waals surface area contributed by atoms with Crippen molar-refractivity contribution in [3.05, 3.63) is 35.5 Å². The largest absolute Gasteiger partial charge is 0.493 e. The lowest BCUT2D eigenvalue weighted by Crippen LogP contribution is -2.00. The Bertz CT molecular complexity index is 857. The molecule has 8 heteroatoms.